The molecular weight excluding hydrogens is 330 g/mol. The van der Waals surface area contributed by atoms with Crippen molar-refractivity contribution in [3.05, 3.63) is 52.1 Å². The van der Waals surface area contributed by atoms with Crippen LogP contribution in [0.25, 0.3) is 0 Å². The van der Waals surface area contributed by atoms with E-state index >= 15 is 0 Å². The van der Waals surface area contributed by atoms with Gasteiger partial charge in [0, 0.05) is 0 Å². The number of nitrogens with two attached hydrogens (primary N) is 1. The highest BCUT2D eigenvalue weighted by atomic mass is 16.5. The van der Waals surface area contributed by atoms with E-state index in [4.69, 9.17) is 15.6 Å². The minimum absolute atomic E-state index is 0.279. The summed E-state index contributed by atoms with van der Waals surface area (Å²) in [6.45, 7) is 7.76. The number of hydrogen-bond acceptors (Lipinski definition) is 4. The Bertz CT molecular complexity index is 766. The Labute approximate surface area is 154 Å². The molecule has 26 heavy (non-hydrogen) atoms. The van der Waals surface area contributed by atoms with Gasteiger partial charge in [0.2, 0.25) is 0 Å². The summed E-state index contributed by atoms with van der Waals surface area (Å²) in [5, 5.41) is 19.0. The number of phenolic OH excluding ortho intramolecular Hbond substituents is 1. The van der Waals surface area contributed by atoms with E-state index in [-0.39, 0.29) is 12.2 Å². The smallest absolute Gasteiger partial charge is 0.320 e. The molecule has 0 spiro atoms. The highest BCUT2D eigenvalue weighted by Crippen LogP contribution is 2.35. The molecule has 0 bridgehead atoms. The molecule has 0 aliphatic carbocycles. The molecule has 5 nitrogen and oxygen atoms in total. The van der Waals surface area contributed by atoms with E-state index in [9.17, 15) is 9.90 Å². The number of carboxylic acids is 1. The third-order valence-corrected chi connectivity index (χ3v) is 4.52. The maximum absolute atomic E-state index is 11.0. The van der Waals surface area contributed by atoms with Crippen molar-refractivity contribution in [2.24, 2.45) is 5.73 Å². The van der Waals surface area contributed by atoms with E-state index in [1.807, 2.05) is 52.0 Å². The van der Waals surface area contributed by atoms with Crippen LogP contribution in [-0.2, 0) is 24.1 Å². The van der Waals surface area contributed by atoms with Gasteiger partial charge < -0.3 is 20.7 Å². The van der Waals surface area contributed by atoms with E-state index in [2.05, 4.69) is 0 Å². The van der Waals surface area contributed by atoms with E-state index in [1.54, 1.807) is 0 Å². The summed E-state index contributed by atoms with van der Waals surface area (Å²) in [6.07, 6.45) is 1.80. The molecule has 0 saturated carbocycles. The first-order chi connectivity index (χ1) is 12.3. The minimum Gasteiger partial charge on any atom is -0.507 e. The molecule has 0 fully saturated rings. The Morgan fingerprint density at radius 1 is 1.08 bits per heavy atom. The van der Waals surface area contributed by atoms with Gasteiger partial charge in [-0.05, 0) is 73.1 Å². The number of hydrogen-bond donors (Lipinski definition) is 3. The first kappa shape index (κ1) is 19.8. The highest BCUT2D eigenvalue weighted by molar-refractivity contribution is 5.73. The van der Waals surface area contributed by atoms with Gasteiger partial charge in [0.05, 0.1) is 0 Å². The fraction of sp³-hybridized carbons (Fsp3) is 0.381. The van der Waals surface area contributed by atoms with Crippen LogP contribution >= 0.6 is 0 Å². The lowest BCUT2D eigenvalue weighted by molar-refractivity contribution is -0.138. The third-order valence-electron chi connectivity index (χ3n) is 4.52. The molecule has 0 amide bonds. The SMILES string of the molecule is CCc1cc(CC(N)C(=O)O)cc(CC)c1Oc1cc(C)c(O)c(C)c1. The number of phenols is 1. The summed E-state index contributed by atoms with van der Waals surface area (Å²) in [5.41, 5.74) is 10.1. The van der Waals surface area contributed by atoms with Gasteiger partial charge in [-0.1, -0.05) is 26.0 Å². The summed E-state index contributed by atoms with van der Waals surface area (Å²) in [6, 6.07) is 6.65. The maximum atomic E-state index is 11.0. The number of aryl methyl sites for hydroxylation is 4. The van der Waals surface area contributed by atoms with Crippen LogP contribution in [0.5, 0.6) is 17.2 Å². The Morgan fingerprint density at radius 3 is 2.00 bits per heavy atom. The molecule has 0 aliphatic heterocycles. The number of aromatic hydroxyl groups is 1. The van der Waals surface area contributed by atoms with Crippen LogP contribution in [0.4, 0.5) is 0 Å². The summed E-state index contributed by atoms with van der Waals surface area (Å²) in [4.78, 5) is 11.0. The van der Waals surface area contributed by atoms with Crippen LogP contribution in [-0.4, -0.2) is 22.2 Å². The Morgan fingerprint density at radius 2 is 1.58 bits per heavy atom. The van der Waals surface area contributed by atoms with Crippen LogP contribution in [0.2, 0.25) is 0 Å². The Hall–Kier alpha value is -2.53. The minimum atomic E-state index is -1.00. The molecular formula is C21H27NO4. The van der Waals surface area contributed by atoms with Crippen molar-refractivity contribution in [1.82, 2.24) is 0 Å². The van der Waals surface area contributed by atoms with Crippen LogP contribution in [0.1, 0.15) is 41.7 Å². The zero-order valence-electron chi connectivity index (χ0n) is 15.8. The summed E-state index contributed by atoms with van der Waals surface area (Å²) in [5.74, 6) is 0.752. The lowest BCUT2D eigenvalue weighted by atomic mass is 9.97. The molecule has 0 heterocycles. The number of aliphatic carboxylic acids is 1. The summed E-state index contributed by atoms with van der Waals surface area (Å²) in [7, 11) is 0. The predicted molar refractivity (Wildman–Crippen MR) is 102 cm³/mol. The van der Waals surface area contributed by atoms with E-state index in [0.717, 1.165) is 46.4 Å². The Balaban J connectivity index is 2.43. The van der Waals surface area contributed by atoms with Crippen LogP contribution in [0, 0.1) is 13.8 Å². The molecule has 0 aliphatic rings. The first-order valence-corrected chi connectivity index (χ1v) is 8.87. The molecule has 2 aromatic carbocycles. The van der Waals surface area contributed by atoms with Crippen molar-refractivity contribution < 1.29 is 19.7 Å². The molecule has 140 valence electrons. The molecule has 4 N–H and O–H groups in total. The molecule has 1 unspecified atom stereocenters. The highest BCUT2D eigenvalue weighted by Gasteiger charge is 2.17. The fourth-order valence-corrected chi connectivity index (χ4v) is 3.03. The van der Waals surface area contributed by atoms with Gasteiger partial charge in [0.25, 0.3) is 0 Å². The van der Waals surface area contributed by atoms with Crippen molar-refractivity contribution in [1.29, 1.82) is 0 Å². The second kappa shape index (κ2) is 8.23. The monoisotopic (exact) mass is 357 g/mol. The first-order valence-electron chi connectivity index (χ1n) is 8.87. The number of carbonyl (C=O) groups is 1. The molecule has 5 heteroatoms. The van der Waals surface area contributed by atoms with Crippen LogP contribution in [0.3, 0.4) is 0 Å². The normalized spacial score (nSPS) is 12.0. The summed E-state index contributed by atoms with van der Waals surface area (Å²) >= 11 is 0. The molecule has 0 saturated heterocycles. The second-order valence-electron chi connectivity index (χ2n) is 6.61. The lowest BCUT2D eigenvalue weighted by Crippen LogP contribution is -2.32. The lowest BCUT2D eigenvalue weighted by Gasteiger charge is -2.18. The average molecular weight is 357 g/mol. The number of rotatable bonds is 7. The van der Waals surface area contributed by atoms with Gasteiger partial charge in [0.15, 0.2) is 0 Å². The molecule has 0 aromatic heterocycles. The van der Waals surface area contributed by atoms with Gasteiger partial charge in [-0.25, -0.2) is 0 Å². The standard InChI is InChI=1S/C21H27NO4/c1-5-15-9-14(11-18(22)21(24)25)10-16(6-2)20(15)26-17-7-12(3)19(23)13(4)8-17/h7-10,18,23H,5-6,11,22H2,1-4H3,(H,24,25). The molecule has 0 radical (unpaired) electrons. The quantitative estimate of drug-likeness (QED) is 0.699. The van der Waals surface area contributed by atoms with Crippen molar-refractivity contribution in [2.75, 3.05) is 0 Å². The van der Waals surface area contributed by atoms with Gasteiger partial charge in [-0.3, -0.25) is 4.79 Å². The second-order valence-corrected chi connectivity index (χ2v) is 6.61. The molecule has 2 rings (SSSR count). The largest absolute Gasteiger partial charge is 0.507 e. The Kier molecular flexibility index (Phi) is 6.27. The van der Waals surface area contributed by atoms with Crippen molar-refractivity contribution in [3.8, 4) is 17.2 Å². The third kappa shape index (κ3) is 4.35. The number of ether oxygens (including phenoxy) is 1. The molecule has 1 atom stereocenters. The molecule has 2 aromatic rings. The number of benzene rings is 2. The van der Waals surface area contributed by atoms with Crippen molar-refractivity contribution >= 4 is 5.97 Å². The van der Waals surface area contributed by atoms with Crippen LogP contribution < -0.4 is 10.5 Å². The zero-order chi connectivity index (χ0) is 19.4. The summed E-state index contributed by atoms with van der Waals surface area (Å²) < 4.78 is 6.19. The zero-order valence-corrected chi connectivity index (χ0v) is 15.8. The van der Waals surface area contributed by atoms with Gasteiger partial charge in [-0.2, -0.15) is 0 Å². The fourth-order valence-electron chi connectivity index (χ4n) is 3.03. The topological polar surface area (TPSA) is 92.8 Å². The average Bonchev–Trinajstić information content (AvgIpc) is 2.60. The maximum Gasteiger partial charge on any atom is 0.320 e. The van der Waals surface area contributed by atoms with Crippen molar-refractivity contribution in [2.45, 2.75) is 53.0 Å². The van der Waals surface area contributed by atoms with Gasteiger partial charge in [0.1, 0.15) is 23.3 Å². The van der Waals surface area contributed by atoms with Gasteiger partial charge in [-0.15, -0.1) is 0 Å². The van der Waals surface area contributed by atoms with E-state index in [0.29, 0.717) is 5.75 Å². The van der Waals surface area contributed by atoms with Crippen molar-refractivity contribution in [3.63, 3.8) is 0 Å². The van der Waals surface area contributed by atoms with E-state index in [1.165, 1.54) is 0 Å². The predicted octanol–water partition coefficient (Wildman–Crippen LogP) is 3.88. The van der Waals surface area contributed by atoms with E-state index < -0.39 is 12.0 Å². The van der Waals surface area contributed by atoms with Gasteiger partial charge >= 0.3 is 5.97 Å². The van der Waals surface area contributed by atoms with Crippen LogP contribution in [0.15, 0.2) is 24.3 Å². The number of carboxylic acid groups (broad SMARTS) is 1.